The quantitative estimate of drug-likeness (QED) is 0.559. The zero-order valence-electron chi connectivity index (χ0n) is 14.9. The minimum atomic E-state index is -1.91. The molecule has 26 heavy (non-hydrogen) atoms. The minimum Gasteiger partial charge on any atom is -0.464 e. The molecule has 6 nitrogen and oxygen atoms in total. The van der Waals surface area contributed by atoms with Crippen LogP contribution in [-0.4, -0.2) is 48.0 Å². The lowest BCUT2D eigenvalue weighted by molar-refractivity contribution is -0.177. The summed E-state index contributed by atoms with van der Waals surface area (Å²) in [6, 6.07) is 4.82. The van der Waals surface area contributed by atoms with Crippen molar-refractivity contribution in [3.05, 3.63) is 33.8 Å². The van der Waals surface area contributed by atoms with Crippen LogP contribution in [0.4, 0.5) is 0 Å². The summed E-state index contributed by atoms with van der Waals surface area (Å²) in [7, 11) is 0. The highest BCUT2D eigenvalue weighted by Gasteiger charge is 2.64. The molecule has 1 atom stereocenters. The summed E-state index contributed by atoms with van der Waals surface area (Å²) in [5, 5.41) is 0.740. The van der Waals surface area contributed by atoms with Gasteiger partial charge in [-0.2, -0.15) is 0 Å². The van der Waals surface area contributed by atoms with Gasteiger partial charge in [0.2, 0.25) is 11.4 Å². The van der Waals surface area contributed by atoms with Gasteiger partial charge in [0.05, 0.1) is 13.2 Å². The number of hydrogen-bond acceptors (Lipinski definition) is 5. The fourth-order valence-corrected chi connectivity index (χ4v) is 4.01. The molecule has 142 valence electrons. The van der Waals surface area contributed by atoms with Crippen LogP contribution in [0.15, 0.2) is 18.2 Å². The van der Waals surface area contributed by atoms with E-state index in [0.29, 0.717) is 22.0 Å². The third kappa shape index (κ3) is 3.40. The maximum Gasteiger partial charge on any atom is 0.344 e. The molecule has 8 heteroatoms. The van der Waals surface area contributed by atoms with Crippen molar-refractivity contribution in [3.63, 3.8) is 0 Å². The molecule has 1 aromatic rings. The summed E-state index contributed by atoms with van der Waals surface area (Å²) in [5.41, 5.74) is -1.36. The summed E-state index contributed by atoms with van der Waals surface area (Å²) in [6.07, 6.45) is 0.360. The molecular formula is C18H21Cl2NO5. The Bertz CT molecular complexity index is 704. The highest BCUT2D eigenvalue weighted by Crippen LogP contribution is 2.46. The molecule has 1 aliphatic heterocycles. The van der Waals surface area contributed by atoms with Crippen LogP contribution < -0.4 is 0 Å². The van der Waals surface area contributed by atoms with Gasteiger partial charge in [-0.1, -0.05) is 29.3 Å². The van der Waals surface area contributed by atoms with Crippen molar-refractivity contribution < 1.29 is 23.9 Å². The molecule has 1 aromatic carbocycles. The summed E-state index contributed by atoms with van der Waals surface area (Å²) < 4.78 is 10.4. The van der Waals surface area contributed by atoms with Crippen LogP contribution in [0.3, 0.4) is 0 Å². The van der Waals surface area contributed by atoms with Gasteiger partial charge in [-0.05, 0) is 38.0 Å². The van der Waals surface area contributed by atoms with E-state index >= 15 is 0 Å². The van der Waals surface area contributed by atoms with Gasteiger partial charge in [0.1, 0.15) is 0 Å². The average Bonchev–Trinajstić information content (AvgIpc) is 2.96. The van der Waals surface area contributed by atoms with Crippen LogP contribution >= 0.6 is 23.2 Å². The number of carbonyl (C=O) groups is 3. The number of carbonyl (C=O) groups excluding carboxylic acids is 3. The Balaban J connectivity index is 2.69. The number of nitrogens with zero attached hydrogens (tertiary/aromatic N) is 1. The van der Waals surface area contributed by atoms with Crippen molar-refractivity contribution in [3.8, 4) is 0 Å². The van der Waals surface area contributed by atoms with E-state index in [9.17, 15) is 14.4 Å². The lowest BCUT2D eigenvalue weighted by atomic mass is 9.79. The van der Waals surface area contributed by atoms with E-state index in [1.54, 1.807) is 26.0 Å². The zero-order chi connectivity index (χ0) is 19.5. The fraction of sp³-hybridized carbons (Fsp3) is 0.500. The molecule has 1 heterocycles. The Labute approximate surface area is 162 Å². The van der Waals surface area contributed by atoms with E-state index < -0.39 is 29.3 Å². The predicted molar refractivity (Wildman–Crippen MR) is 97.2 cm³/mol. The van der Waals surface area contributed by atoms with Crippen LogP contribution in [0, 0.1) is 0 Å². The second kappa shape index (κ2) is 8.27. The number of halogens is 2. The van der Waals surface area contributed by atoms with Crippen molar-refractivity contribution in [1.29, 1.82) is 0 Å². The Hall–Kier alpha value is -1.79. The van der Waals surface area contributed by atoms with Gasteiger partial charge < -0.3 is 14.4 Å². The molecule has 2 rings (SSSR count). The zero-order valence-corrected chi connectivity index (χ0v) is 16.4. The molecule has 1 aliphatic rings. The van der Waals surface area contributed by atoms with Crippen LogP contribution in [0.1, 0.15) is 38.7 Å². The van der Waals surface area contributed by atoms with Crippen molar-refractivity contribution in [1.82, 2.24) is 4.90 Å². The third-order valence-electron chi connectivity index (χ3n) is 4.46. The van der Waals surface area contributed by atoms with Crippen molar-refractivity contribution >= 4 is 41.0 Å². The van der Waals surface area contributed by atoms with E-state index in [4.69, 9.17) is 32.7 Å². The molecule has 0 N–H and O–H groups in total. The SMILES string of the molecule is CCOC(=O)C1(C(=O)OCC)C(c2ccc(Cl)cc2Cl)CCN1C(C)=O. The fourth-order valence-electron chi connectivity index (χ4n) is 3.47. The standard InChI is InChI=1S/C18H21Cl2NO5/c1-4-25-16(23)18(17(24)26-5-2)14(8-9-21(18)11(3)22)13-7-6-12(19)10-15(13)20/h6-7,10,14H,4-5,8-9H2,1-3H3. The molecule has 0 radical (unpaired) electrons. The van der Waals surface area contributed by atoms with Gasteiger partial charge in [-0.25, -0.2) is 9.59 Å². The summed E-state index contributed by atoms with van der Waals surface area (Å²) in [5.74, 6) is -2.75. The van der Waals surface area contributed by atoms with E-state index in [2.05, 4.69) is 0 Å². The third-order valence-corrected chi connectivity index (χ3v) is 5.03. The van der Waals surface area contributed by atoms with Crippen LogP contribution in [0.25, 0.3) is 0 Å². The molecule has 1 fully saturated rings. The van der Waals surface area contributed by atoms with Gasteiger partial charge >= 0.3 is 11.9 Å². The van der Waals surface area contributed by atoms with Crippen molar-refractivity contribution in [2.45, 2.75) is 38.6 Å². The molecular weight excluding hydrogens is 381 g/mol. The maximum absolute atomic E-state index is 13.0. The largest absolute Gasteiger partial charge is 0.464 e. The lowest BCUT2D eigenvalue weighted by Gasteiger charge is -2.37. The average molecular weight is 402 g/mol. The number of rotatable bonds is 5. The first kappa shape index (κ1) is 20.5. The van der Waals surface area contributed by atoms with Gasteiger partial charge in [-0.3, -0.25) is 4.79 Å². The first-order valence-electron chi connectivity index (χ1n) is 8.38. The number of esters is 2. The predicted octanol–water partition coefficient (Wildman–Crippen LogP) is 3.19. The van der Waals surface area contributed by atoms with Crippen LogP contribution in [0.2, 0.25) is 10.0 Å². The normalized spacial score (nSPS) is 18.5. The monoisotopic (exact) mass is 401 g/mol. The second-order valence-electron chi connectivity index (χ2n) is 5.89. The van der Waals surface area contributed by atoms with Gasteiger partial charge in [-0.15, -0.1) is 0 Å². The lowest BCUT2D eigenvalue weighted by Crippen LogP contribution is -2.62. The molecule has 0 bridgehead atoms. The Morgan fingerprint density at radius 2 is 1.73 bits per heavy atom. The molecule has 0 aliphatic carbocycles. The molecule has 0 spiro atoms. The molecule has 1 amide bonds. The van der Waals surface area contributed by atoms with Crippen LogP contribution in [0.5, 0.6) is 0 Å². The summed E-state index contributed by atoms with van der Waals surface area (Å²) in [6.45, 7) is 4.90. The van der Waals surface area contributed by atoms with Gasteiger partial charge in [0.25, 0.3) is 0 Å². The number of likely N-dealkylation sites (tertiary alicyclic amines) is 1. The van der Waals surface area contributed by atoms with E-state index in [1.165, 1.54) is 17.9 Å². The van der Waals surface area contributed by atoms with Crippen molar-refractivity contribution in [2.75, 3.05) is 19.8 Å². The van der Waals surface area contributed by atoms with Crippen molar-refractivity contribution in [2.24, 2.45) is 0 Å². The molecule has 0 saturated carbocycles. The molecule has 1 saturated heterocycles. The smallest absolute Gasteiger partial charge is 0.344 e. The Morgan fingerprint density at radius 3 is 2.19 bits per heavy atom. The summed E-state index contributed by atoms with van der Waals surface area (Å²) >= 11 is 12.3. The van der Waals surface area contributed by atoms with Gasteiger partial charge in [0.15, 0.2) is 0 Å². The Morgan fingerprint density at radius 1 is 1.15 bits per heavy atom. The number of hydrogen-bond donors (Lipinski definition) is 0. The first-order valence-corrected chi connectivity index (χ1v) is 9.13. The highest BCUT2D eigenvalue weighted by atomic mass is 35.5. The highest BCUT2D eigenvalue weighted by molar-refractivity contribution is 6.35. The topological polar surface area (TPSA) is 72.9 Å². The number of amides is 1. The number of ether oxygens (including phenoxy) is 2. The molecule has 0 aromatic heterocycles. The minimum absolute atomic E-state index is 0.0623. The van der Waals surface area contributed by atoms with E-state index in [-0.39, 0.29) is 19.8 Å². The first-order chi connectivity index (χ1) is 12.3. The maximum atomic E-state index is 13.0. The Kier molecular flexibility index (Phi) is 6.53. The van der Waals surface area contributed by atoms with E-state index in [0.717, 1.165) is 0 Å². The second-order valence-corrected chi connectivity index (χ2v) is 6.73. The van der Waals surface area contributed by atoms with Crippen LogP contribution in [-0.2, 0) is 23.9 Å². The van der Waals surface area contributed by atoms with Gasteiger partial charge in [0, 0.05) is 29.4 Å². The summed E-state index contributed by atoms with van der Waals surface area (Å²) in [4.78, 5) is 39.4. The molecule has 1 unspecified atom stereocenters. The van der Waals surface area contributed by atoms with E-state index in [1.807, 2.05) is 0 Å². The number of benzene rings is 1.